The molecule has 1 aliphatic heterocycles. The molecule has 0 spiro atoms. The normalized spacial score (nSPS) is 20.4. The summed E-state index contributed by atoms with van der Waals surface area (Å²) >= 11 is 0. The number of nitrogens with zero attached hydrogens (tertiary/aromatic N) is 1. The Morgan fingerprint density at radius 1 is 1.35 bits per heavy atom. The third-order valence-corrected chi connectivity index (χ3v) is 2.87. The lowest BCUT2D eigenvalue weighted by molar-refractivity contribution is -0.134. The van der Waals surface area contributed by atoms with E-state index >= 15 is 0 Å². The van der Waals surface area contributed by atoms with Crippen molar-refractivity contribution in [1.29, 1.82) is 0 Å². The smallest absolute Gasteiger partial charge is 0.263 e. The van der Waals surface area contributed by atoms with Gasteiger partial charge in [0.2, 0.25) is 0 Å². The van der Waals surface area contributed by atoms with Crippen molar-refractivity contribution in [3.63, 3.8) is 0 Å². The van der Waals surface area contributed by atoms with Gasteiger partial charge in [-0.3, -0.25) is 4.79 Å². The summed E-state index contributed by atoms with van der Waals surface area (Å²) in [6.45, 7) is 0.871. The van der Waals surface area contributed by atoms with Crippen LogP contribution in [0.5, 0.6) is 0 Å². The second-order valence-electron chi connectivity index (χ2n) is 4.11. The summed E-state index contributed by atoms with van der Waals surface area (Å²) < 4.78 is 24.6. The Balaban J connectivity index is 2.02. The van der Waals surface area contributed by atoms with Crippen LogP contribution in [0.25, 0.3) is 0 Å². The molecule has 5 heteroatoms. The van der Waals surface area contributed by atoms with Gasteiger partial charge < -0.3 is 10.0 Å². The molecular formula is C12H13F2NO2. The molecule has 1 atom stereocenters. The molecule has 0 bridgehead atoms. The maximum absolute atomic E-state index is 12.3. The molecule has 1 unspecified atom stereocenters. The van der Waals surface area contributed by atoms with Crippen molar-refractivity contribution < 1.29 is 18.7 Å². The molecule has 1 N–H and O–H groups in total. The largest absolute Gasteiger partial charge is 0.383 e. The van der Waals surface area contributed by atoms with Crippen LogP contribution < -0.4 is 0 Å². The number of hydrogen-bond acceptors (Lipinski definition) is 2. The number of amides is 1. The number of aliphatic hydroxyl groups is 1. The number of benzene rings is 1. The van der Waals surface area contributed by atoms with Gasteiger partial charge in [0.05, 0.1) is 0 Å². The van der Waals surface area contributed by atoms with Crippen molar-refractivity contribution in [2.45, 2.75) is 25.5 Å². The lowest BCUT2D eigenvalue weighted by Gasteiger charge is -2.15. The topological polar surface area (TPSA) is 40.5 Å². The molecule has 1 amide bonds. The average molecular weight is 241 g/mol. The highest BCUT2D eigenvalue weighted by molar-refractivity contribution is 5.82. The number of carbonyl (C=O) groups is 1. The first kappa shape index (κ1) is 12.0. The van der Waals surface area contributed by atoms with Crippen LogP contribution in [-0.4, -0.2) is 28.6 Å². The van der Waals surface area contributed by atoms with Crippen LogP contribution >= 0.6 is 0 Å². The first-order chi connectivity index (χ1) is 8.08. The number of halogens is 2. The molecular weight excluding hydrogens is 228 g/mol. The first-order valence-electron chi connectivity index (χ1n) is 5.42. The molecule has 3 nitrogen and oxygen atoms in total. The predicted molar refractivity (Wildman–Crippen MR) is 57.4 cm³/mol. The van der Waals surface area contributed by atoms with Crippen molar-refractivity contribution in [3.05, 3.63) is 35.4 Å². The fourth-order valence-electron chi connectivity index (χ4n) is 1.87. The van der Waals surface area contributed by atoms with Gasteiger partial charge in [-0.2, -0.15) is 0 Å². The number of alkyl halides is 2. The van der Waals surface area contributed by atoms with Crippen LogP contribution in [0.3, 0.4) is 0 Å². The van der Waals surface area contributed by atoms with Gasteiger partial charge in [-0.25, -0.2) is 8.78 Å². The molecule has 17 heavy (non-hydrogen) atoms. The van der Waals surface area contributed by atoms with Gasteiger partial charge in [-0.1, -0.05) is 24.3 Å². The molecule has 1 saturated heterocycles. The lowest BCUT2D eigenvalue weighted by Crippen LogP contribution is -2.28. The molecule has 0 saturated carbocycles. The fraction of sp³-hybridized carbons (Fsp3) is 0.417. The van der Waals surface area contributed by atoms with Crippen molar-refractivity contribution in [2.75, 3.05) is 6.54 Å². The van der Waals surface area contributed by atoms with E-state index < -0.39 is 12.5 Å². The SMILES string of the molecule is O=C1C(O)CCN1Cc1ccc(C(F)F)cc1. The zero-order valence-corrected chi connectivity index (χ0v) is 9.14. The second kappa shape index (κ2) is 4.79. The molecule has 2 rings (SSSR count). The van der Waals surface area contributed by atoms with Gasteiger partial charge in [0.25, 0.3) is 12.3 Å². The molecule has 0 aromatic heterocycles. The van der Waals surface area contributed by atoms with Crippen LogP contribution in [0.2, 0.25) is 0 Å². The molecule has 1 heterocycles. The third kappa shape index (κ3) is 2.61. The highest BCUT2D eigenvalue weighted by Crippen LogP contribution is 2.20. The Morgan fingerprint density at radius 3 is 2.47 bits per heavy atom. The van der Waals surface area contributed by atoms with Gasteiger partial charge in [0.1, 0.15) is 6.10 Å². The van der Waals surface area contributed by atoms with E-state index in [1.165, 1.54) is 17.0 Å². The molecule has 1 aromatic carbocycles. The molecule has 92 valence electrons. The highest BCUT2D eigenvalue weighted by atomic mass is 19.3. The summed E-state index contributed by atoms with van der Waals surface area (Å²) in [6.07, 6.45) is -2.94. The van der Waals surface area contributed by atoms with Crippen LogP contribution in [0.15, 0.2) is 24.3 Å². The maximum atomic E-state index is 12.3. The van der Waals surface area contributed by atoms with E-state index in [0.29, 0.717) is 19.5 Å². The Kier molecular flexibility index (Phi) is 3.38. The molecule has 1 aromatic rings. The van der Waals surface area contributed by atoms with Crippen LogP contribution in [-0.2, 0) is 11.3 Å². The van der Waals surface area contributed by atoms with Gasteiger partial charge in [-0.05, 0) is 12.0 Å². The maximum Gasteiger partial charge on any atom is 0.263 e. The summed E-state index contributed by atoms with van der Waals surface area (Å²) in [5, 5.41) is 9.27. The minimum atomic E-state index is -2.47. The van der Waals surface area contributed by atoms with E-state index in [0.717, 1.165) is 5.56 Å². The number of carbonyl (C=O) groups excluding carboxylic acids is 1. The Labute approximate surface area is 97.7 Å². The Hall–Kier alpha value is -1.49. The number of aliphatic hydroxyl groups excluding tert-OH is 1. The van der Waals surface area contributed by atoms with E-state index in [9.17, 15) is 18.7 Å². The van der Waals surface area contributed by atoms with E-state index in [-0.39, 0.29) is 11.5 Å². The minimum Gasteiger partial charge on any atom is -0.383 e. The van der Waals surface area contributed by atoms with Gasteiger partial charge >= 0.3 is 0 Å². The quantitative estimate of drug-likeness (QED) is 0.875. The summed E-state index contributed by atoms with van der Waals surface area (Å²) in [4.78, 5) is 13.0. The minimum absolute atomic E-state index is 0.0264. The third-order valence-electron chi connectivity index (χ3n) is 2.87. The summed E-state index contributed by atoms with van der Waals surface area (Å²) in [7, 11) is 0. The van der Waals surface area contributed by atoms with E-state index in [1.807, 2.05) is 0 Å². The van der Waals surface area contributed by atoms with Gasteiger partial charge in [0.15, 0.2) is 0 Å². The molecule has 1 aliphatic rings. The van der Waals surface area contributed by atoms with E-state index in [1.54, 1.807) is 12.1 Å². The summed E-state index contributed by atoms with van der Waals surface area (Å²) in [5.74, 6) is -0.289. The zero-order chi connectivity index (χ0) is 12.4. The van der Waals surface area contributed by atoms with Crippen molar-refractivity contribution in [3.8, 4) is 0 Å². The summed E-state index contributed by atoms with van der Waals surface area (Å²) in [5.41, 5.74) is 0.762. The molecule has 1 fully saturated rings. The average Bonchev–Trinajstić information content (AvgIpc) is 2.62. The van der Waals surface area contributed by atoms with Crippen molar-refractivity contribution >= 4 is 5.91 Å². The number of rotatable bonds is 3. The lowest BCUT2D eigenvalue weighted by atomic mass is 10.1. The zero-order valence-electron chi connectivity index (χ0n) is 9.14. The highest BCUT2D eigenvalue weighted by Gasteiger charge is 2.29. The monoisotopic (exact) mass is 241 g/mol. The van der Waals surface area contributed by atoms with Gasteiger partial charge in [-0.15, -0.1) is 0 Å². The second-order valence-corrected chi connectivity index (χ2v) is 4.11. The first-order valence-corrected chi connectivity index (χ1v) is 5.42. The predicted octanol–water partition coefficient (Wildman–Crippen LogP) is 1.72. The Morgan fingerprint density at radius 2 is 2.00 bits per heavy atom. The van der Waals surface area contributed by atoms with E-state index in [4.69, 9.17) is 0 Å². The standard InChI is InChI=1S/C12H13F2NO2/c13-11(14)9-3-1-8(2-4-9)7-15-6-5-10(16)12(15)17/h1-4,10-11,16H,5-7H2. The molecule has 0 radical (unpaired) electrons. The Bertz CT molecular complexity index is 405. The van der Waals surface area contributed by atoms with E-state index in [2.05, 4.69) is 0 Å². The van der Waals surface area contributed by atoms with Crippen molar-refractivity contribution in [2.24, 2.45) is 0 Å². The van der Waals surface area contributed by atoms with Crippen LogP contribution in [0.4, 0.5) is 8.78 Å². The molecule has 0 aliphatic carbocycles. The van der Waals surface area contributed by atoms with Gasteiger partial charge in [0, 0.05) is 18.7 Å². The van der Waals surface area contributed by atoms with Crippen LogP contribution in [0, 0.1) is 0 Å². The van der Waals surface area contributed by atoms with Crippen molar-refractivity contribution in [1.82, 2.24) is 4.90 Å². The fourth-order valence-corrected chi connectivity index (χ4v) is 1.87. The number of hydrogen-bond donors (Lipinski definition) is 1. The van der Waals surface area contributed by atoms with Crippen LogP contribution in [0.1, 0.15) is 24.0 Å². The number of likely N-dealkylation sites (tertiary alicyclic amines) is 1. The summed E-state index contributed by atoms with van der Waals surface area (Å²) in [6, 6.07) is 5.88.